The Morgan fingerprint density at radius 2 is 2.31 bits per heavy atom. The van der Waals surface area contributed by atoms with Crippen molar-refractivity contribution in [3.63, 3.8) is 0 Å². The van der Waals surface area contributed by atoms with Crippen molar-refractivity contribution in [2.24, 2.45) is 0 Å². The summed E-state index contributed by atoms with van der Waals surface area (Å²) in [5.41, 5.74) is 0.383. The van der Waals surface area contributed by atoms with Gasteiger partial charge in [-0.05, 0) is 0 Å². The van der Waals surface area contributed by atoms with Gasteiger partial charge in [0.15, 0.2) is 0 Å². The molecule has 0 aliphatic carbocycles. The third kappa shape index (κ3) is 3.21. The highest BCUT2D eigenvalue weighted by atomic mass is 35.5. The molecule has 0 radical (unpaired) electrons. The van der Waals surface area contributed by atoms with Crippen LogP contribution in [0.5, 0.6) is 5.88 Å². The van der Waals surface area contributed by atoms with Crippen molar-refractivity contribution in [2.75, 3.05) is 7.11 Å². The molecule has 0 aliphatic rings. The van der Waals surface area contributed by atoms with E-state index >= 15 is 0 Å². The van der Waals surface area contributed by atoms with Crippen LogP contribution in [-0.4, -0.2) is 17.3 Å². The van der Waals surface area contributed by atoms with Gasteiger partial charge < -0.3 is 17.1 Å². The number of hydrogen-bond donors (Lipinski definition) is 3. The largest absolute Gasteiger partial charge is 1.00 e. The van der Waals surface area contributed by atoms with Crippen molar-refractivity contribution in [2.45, 2.75) is 0 Å². The molecule has 1 atom stereocenters. The second-order valence-electron chi connectivity index (χ2n) is 2.03. The Morgan fingerprint density at radius 3 is 2.77 bits per heavy atom. The highest BCUT2D eigenvalue weighted by Crippen LogP contribution is 2.20. The van der Waals surface area contributed by atoms with E-state index in [1.165, 1.54) is 19.4 Å². The van der Waals surface area contributed by atoms with Crippen LogP contribution in [-0.2, 0) is 0 Å². The zero-order valence-corrected chi connectivity index (χ0v) is 9.07. The minimum absolute atomic E-state index is 0. The molecule has 0 spiro atoms. The Labute approximate surface area is 92.4 Å². The molecule has 0 saturated carbocycles. The van der Waals surface area contributed by atoms with E-state index < -0.39 is 0 Å². The molecular weight excluding hydrogens is 235 g/mol. The van der Waals surface area contributed by atoms with Gasteiger partial charge in [0, 0.05) is 12.3 Å². The van der Waals surface area contributed by atoms with Crippen LogP contribution in [0.25, 0.3) is 0 Å². The van der Waals surface area contributed by atoms with Crippen molar-refractivity contribution in [1.29, 1.82) is 0 Å². The topological polar surface area (TPSA) is 46.8 Å². The van der Waals surface area contributed by atoms with Crippen LogP contribution in [0.2, 0.25) is 5.02 Å². The first-order chi connectivity index (χ1) is 5.65. The lowest BCUT2D eigenvalue weighted by atomic mass is 10.4. The van der Waals surface area contributed by atoms with Gasteiger partial charge in [-0.15, -0.1) is 0 Å². The van der Waals surface area contributed by atoms with Gasteiger partial charge in [-0.3, -0.25) is 0 Å². The second kappa shape index (κ2) is 5.51. The lowest BCUT2D eigenvalue weighted by Crippen LogP contribution is -3.00. The summed E-state index contributed by atoms with van der Waals surface area (Å²) in [6, 6.07) is 1.52. The Bertz CT molecular complexity index is 285. The van der Waals surface area contributed by atoms with E-state index in [0.717, 1.165) is 0 Å². The van der Waals surface area contributed by atoms with E-state index in [2.05, 4.69) is 17.8 Å². The van der Waals surface area contributed by atoms with Crippen LogP contribution in [0.1, 0.15) is 0 Å². The molecule has 2 N–H and O–H groups in total. The number of pyridine rings is 1. The van der Waals surface area contributed by atoms with Gasteiger partial charge in [-0.2, -0.15) is 0 Å². The third-order valence-electron chi connectivity index (χ3n) is 1.25. The Morgan fingerprint density at radius 1 is 1.69 bits per heavy atom. The molecule has 0 aliphatic heterocycles. The van der Waals surface area contributed by atoms with Crippen LogP contribution in [0.4, 0.5) is 5.69 Å². The lowest BCUT2D eigenvalue weighted by Gasteiger charge is -2.05. The summed E-state index contributed by atoms with van der Waals surface area (Å²) < 4.78 is 4.70. The molecule has 4 nitrogen and oxygen atoms in total. The maximum atomic E-state index is 9.06. The van der Waals surface area contributed by atoms with Gasteiger partial charge in [0.05, 0.1) is 24.9 Å². The molecule has 0 bridgehead atoms. The molecule has 74 valence electrons. The van der Waals surface area contributed by atoms with E-state index in [9.17, 15) is 0 Å². The van der Waals surface area contributed by atoms with Crippen molar-refractivity contribution in [3.8, 4) is 5.88 Å². The molecule has 0 saturated heterocycles. The standard InChI is InChI=1S/C6H7ClN2O2S.ClH/c1-11-6-5(9(10)12)2-4(7)3-8-6;/h2-3,10,12H,1H3;1H. The van der Waals surface area contributed by atoms with E-state index in [-0.39, 0.29) is 16.9 Å². The van der Waals surface area contributed by atoms with Crippen LogP contribution >= 0.6 is 24.4 Å². The van der Waals surface area contributed by atoms with E-state index in [1.54, 1.807) is 0 Å². The van der Waals surface area contributed by atoms with Crippen LogP contribution in [0.15, 0.2) is 12.3 Å². The summed E-state index contributed by atoms with van der Waals surface area (Å²) in [5.74, 6) is 0.298. The Hall–Kier alpha value is -0.200. The zero-order chi connectivity index (χ0) is 9.14. The maximum absolute atomic E-state index is 9.06. The first-order valence-corrected chi connectivity index (χ1v) is 3.92. The molecule has 13 heavy (non-hydrogen) atoms. The minimum atomic E-state index is -0.165. The maximum Gasteiger partial charge on any atom is 0.280 e. The van der Waals surface area contributed by atoms with Crippen molar-refractivity contribution in [3.05, 3.63) is 17.3 Å². The number of nitrogens with one attached hydrogen (secondary N) is 1. The van der Waals surface area contributed by atoms with Crippen LogP contribution in [0.3, 0.4) is 0 Å². The number of aromatic nitrogens is 1. The van der Waals surface area contributed by atoms with Crippen LogP contribution in [0, 0.1) is 0 Å². The highest BCUT2D eigenvalue weighted by molar-refractivity contribution is 7.73. The fourth-order valence-corrected chi connectivity index (χ4v) is 1.07. The summed E-state index contributed by atoms with van der Waals surface area (Å²) in [6.07, 6.45) is 1.43. The van der Waals surface area contributed by atoms with Gasteiger partial charge in [-0.1, -0.05) is 16.1 Å². The molecule has 0 amide bonds. The summed E-state index contributed by atoms with van der Waals surface area (Å²) in [7, 11) is 1.45. The normalized spacial score (nSPS) is 11.7. The van der Waals surface area contributed by atoms with E-state index in [4.69, 9.17) is 21.5 Å². The Kier molecular flexibility index (Phi) is 5.43. The molecular formula is C6H8Cl2N2O2S. The number of hydrogen-bond acceptors (Lipinski definition) is 4. The van der Waals surface area contributed by atoms with Crippen molar-refractivity contribution < 1.29 is 26.8 Å². The first kappa shape index (κ1) is 12.8. The average molecular weight is 243 g/mol. The monoisotopic (exact) mass is 242 g/mol. The SMILES string of the molecule is COc1ncc(Cl)cc1[NH+](O)S.[Cl-]. The quantitative estimate of drug-likeness (QED) is 0.397. The zero-order valence-electron chi connectivity index (χ0n) is 6.66. The number of quaternary nitrogens is 1. The van der Waals surface area contributed by atoms with E-state index in [0.29, 0.717) is 16.6 Å². The van der Waals surface area contributed by atoms with Gasteiger partial charge in [0.25, 0.3) is 5.88 Å². The number of halogens is 2. The van der Waals surface area contributed by atoms with Gasteiger partial charge in [0.2, 0.25) is 5.69 Å². The first-order valence-electron chi connectivity index (χ1n) is 3.10. The fraction of sp³-hybridized carbons (Fsp3) is 0.167. The predicted octanol–water partition coefficient (Wildman–Crippen LogP) is -2.50. The number of thiol groups is 1. The number of ether oxygens (including phenoxy) is 1. The van der Waals surface area contributed by atoms with Crippen molar-refractivity contribution in [1.82, 2.24) is 4.98 Å². The molecule has 0 aromatic carbocycles. The second-order valence-corrected chi connectivity index (χ2v) is 2.89. The summed E-state index contributed by atoms with van der Waals surface area (Å²) in [5, 5.41) is 9.48. The number of methoxy groups -OCH3 is 1. The molecule has 1 aromatic heterocycles. The summed E-state index contributed by atoms with van der Waals surface area (Å²) in [6.45, 7) is 0. The van der Waals surface area contributed by atoms with Gasteiger partial charge in [-0.25, -0.2) is 10.2 Å². The molecule has 1 heterocycles. The summed E-state index contributed by atoms with van der Waals surface area (Å²) >= 11 is 9.39. The average Bonchev–Trinajstić information content (AvgIpc) is 2.04. The third-order valence-corrected chi connectivity index (χ3v) is 1.70. The number of nitrogens with zero attached hydrogens (tertiary/aromatic N) is 1. The van der Waals surface area contributed by atoms with Crippen molar-refractivity contribution >= 4 is 30.1 Å². The number of rotatable bonds is 2. The molecule has 0 fully saturated rings. The fourth-order valence-electron chi connectivity index (χ4n) is 0.750. The molecule has 1 rings (SSSR count). The Balaban J connectivity index is 0.00000144. The molecule has 1 unspecified atom stereocenters. The highest BCUT2D eigenvalue weighted by Gasteiger charge is 2.14. The van der Waals surface area contributed by atoms with E-state index in [1.807, 2.05) is 0 Å². The summed E-state index contributed by atoms with van der Waals surface area (Å²) in [4.78, 5) is 3.83. The predicted molar refractivity (Wildman–Crippen MR) is 47.2 cm³/mol. The lowest BCUT2D eigenvalue weighted by molar-refractivity contribution is -0.909. The molecule has 1 aromatic rings. The smallest absolute Gasteiger partial charge is 0.280 e. The van der Waals surface area contributed by atoms with Crippen LogP contribution < -0.4 is 21.6 Å². The van der Waals surface area contributed by atoms with Gasteiger partial charge >= 0.3 is 0 Å². The minimum Gasteiger partial charge on any atom is -1.00 e. The van der Waals surface area contributed by atoms with Gasteiger partial charge in [0.1, 0.15) is 0 Å². The molecule has 7 heteroatoms.